The molecule has 116 valence electrons. The molecule has 10 heteroatoms. The molecule has 2 N–H and O–H groups in total. The van der Waals surface area contributed by atoms with Gasteiger partial charge in [-0.05, 0) is 0 Å². The first-order valence-electron chi connectivity index (χ1n) is 6.08. The Bertz CT molecular complexity index is 657. The third-order valence-electron chi connectivity index (χ3n) is 3.07. The summed E-state index contributed by atoms with van der Waals surface area (Å²) in [5.74, 6) is -0.595. The van der Waals surface area contributed by atoms with Crippen molar-refractivity contribution in [3.8, 4) is 0 Å². The minimum Gasteiger partial charge on any atom is -0.397 e. The van der Waals surface area contributed by atoms with E-state index in [1.165, 1.54) is 0 Å². The normalized spacial score (nSPS) is 20.4. The molecule has 1 aliphatic heterocycles. The number of anilines is 1. The maximum atomic E-state index is 14.0. The van der Waals surface area contributed by atoms with E-state index in [1.54, 1.807) is 11.8 Å². The molecule has 0 bridgehead atoms. The lowest BCUT2D eigenvalue weighted by Gasteiger charge is -2.30. The minimum atomic E-state index is -4.10. The van der Waals surface area contributed by atoms with Crippen molar-refractivity contribution in [1.29, 1.82) is 0 Å². The number of hydrogen-bond donors (Lipinski definition) is 1. The van der Waals surface area contributed by atoms with Crippen molar-refractivity contribution >= 4 is 33.2 Å². The molecule has 0 aromatic heterocycles. The first kappa shape index (κ1) is 16.0. The molecule has 1 atom stereocenters. The van der Waals surface area contributed by atoms with Gasteiger partial charge < -0.3 is 5.73 Å². The quantitative estimate of drug-likeness (QED) is 0.509. The Balaban J connectivity index is 2.47. The standard InChI is InChI=1S/C11H14FN3O4S2/c1-7-6-14(2-3-20-7)21(18,19)11-9(12)4-8(15(16)17)5-10(11)13/h4-5,7H,2-3,6,13H2,1H3. The number of halogens is 1. The zero-order valence-electron chi connectivity index (χ0n) is 11.2. The number of sulfonamides is 1. The maximum Gasteiger partial charge on any atom is 0.274 e. The van der Waals surface area contributed by atoms with Gasteiger partial charge in [0.15, 0.2) is 5.82 Å². The number of nitrogen functional groups attached to an aromatic ring is 1. The van der Waals surface area contributed by atoms with E-state index in [2.05, 4.69) is 0 Å². The molecule has 1 unspecified atom stereocenters. The van der Waals surface area contributed by atoms with Gasteiger partial charge in [0, 0.05) is 30.2 Å². The summed E-state index contributed by atoms with van der Waals surface area (Å²) in [6.07, 6.45) is 0. The number of nitrogens with zero attached hydrogens (tertiary/aromatic N) is 2. The van der Waals surface area contributed by atoms with Crippen LogP contribution in [0.3, 0.4) is 0 Å². The van der Waals surface area contributed by atoms with Crippen LogP contribution in [-0.2, 0) is 10.0 Å². The second-order valence-corrected chi connectivity index (χ2v) is 8.07. The third-order valence-corrected chi connectivity index (χ3v) is 6.16. The van der Waals surface area contributed by atoms with E-state index in [0.717, 1.165) is 10.4 Å². The lowest BCUT2D eigenvalue weighted by Crippen LogP contribution is -2.41. The lowest BCUT2D eigenvalue weighted by molar-refractivity contribution is -0.385. The summed E-state index contributed by atoms with van der Waals surface area (Å²) in [5, 5.41) is 10.7. The SMILES string of the molecule is CC1CN(S(=O)(=O)c2c(N)cc([N+](=O)[O-])cc2F)CCS1. The molecule has 0 aliphatic carbocycles. The zero-order chi connectivity index (χ0) is 15.8. The van der Waals surface area contributed by atoms with Gasteiger partial charge in [-0.2, -0.15) is 16.1 Å². The van der Waals surface area contributed by atoms with Crippen molar-refractivity contribution < 1.29 is 17.7 Å². The lowest BCUT2D eigenvalue weighted by atomic mass is 10.3. The molecule has 0 spiro atoms. The van der Waals surface area contributed by atoms with E-state index in [0.29, 0.717) is 11.8 Å². The van der Waals surface area contributed by atoms with Crippen molar-refractivity contribution in [3.63, 3.8) is 0 Å². The molecular weight excluding hydrogens is 321 g/mol. The number of nitrogens with two attached hydrogens (primary N) is 1. The smallest absolute Gasteiger partial charge is 0.274 e. The van der Waals surface area contributed by atoms with Crippen LogP contribution in [0.15, 0.2) is 17.0 Å². The highest BCUT2D eigenvalue weighted by atomic mass is 32.2. The van der Waals surface area contributed by atoms with E-state index >= 15 is 0 Å². The predicted octanol–water partition coefficient (Wildman–Crippen LogP) is 1.44. The molecule has 7 nitrogen and oxygen atoms in total. The second kappa shape index (κ2) is 5.78. The number of non-ortho nitro benzene ring substituents is 1. The van der Waals surface area contributed by atoms with Gasteiger partial charge in [-0.15, -0.1) is 0 Å². The van der Waals surface area contributed by atoms with Crippen molar-refractivity contribution in [2.45, 2.75) is 17.1 Å². The van der Waals surface area contributed by atoms with Crippen molar-refractivity contribution in [2.75, 3.05) is 24.6 Å². The Morgan fingerprint density at radius 3 is 2.71 bits per heavy atom. The Labute approximate surface area is 125 Å². The van der Waals surface area contributed by atoms with Gasteiger partial charge in [0.2, 0.25) is 10.0 Å². The van der Waals surface area contributed by atoms with Crippen LogP contribution in [0.4, 0.5) is 15.8 Å². The number of nitro benzene ring substituents is 1. The topological polar surface area (TPSA) is 107 Å². The van der Waals surface area contributed by atoms with E-state index in [1.807, 2.05) is 6.92 Å². The highest BCUT2D eigenvalue weighted by Gasteiger charge is 2.33. The highest BCUT2D eigenvalue weighted by Crippen LogP contribution is 2.31. The summed E-state index contributed by atoms with van der Waals surface area (Å²) in [7, 11) is -4.10. The summed E-state index contributed by atoms with van der Waals surface area (Å²) < 4.78 is 40.1. The average molecular weight is 335 g/mol. The van der Waals surface area contributed by atoms with Gasteiger partial charge in [0.25, 0.3) is 5.69 Å². The molecule has 1 saturated heterocycles. The molecule has 0 amide bonds. The Morgan fingerprint density at radius 2 is 2.19 bits per heavy atom. The number of nitro groups is 1. The fourth-order valence-corrected chi connectivity index (χ4v) is 5.01. The van der Waals surface area contributed by atoms with E-state index in [-0.39, 0.29) is 18.3 Å². The minimum absolute atomic E-state index is 0.0934. The van der Waals surface area contributed by atoms with Gasteiger partial charge in [-0.3, -0.25) is 10.1 Å². The zero-order valence-corrected chi connectivity index (χ0v) is 12.8. The van der Waals surface area contributed by atoms with E-state index in [4.69, 9.17) is 5.73 Å². The van der Waals surface area contributed by atoms with E-state index in [9.17, 15) is 22.9 Å². The van der Waals surface area contributed by atoms with Crippen molar-refractivity contribution in [2.24, 2.45) is 0 Å². The summed E-state index contributed by atoms with van der Waals surface area (Å²) in [5.41, 5.74) is 4.50. The van der Waals surface area contributed by atoms with Crippen LogP contribution < -0.4 is 5.73 Å². The molecule has 0 radical (unpaired) electrons. The fourth-order valence-electron chi connectivity index (χ4n) is 2.11. The van der Waals surface area contributed by atoms with Crippen LogP contribution in [0, 0.1) is 15.9 Å². The van der Waals surface area contributed by atoms with Crippen LogP contribution in [0.5, 0.6) is 0 Å². The van der Waals surface area contributed by atoms with Crippen molar-refractivity contribution in [3.05, 3.63) is 28.1 Å². The molecule has 1 fully saturated rings. The highest BCUT2D eigenvalue weighted by molar-refractivity contribution is 8.00. The first-order chi connectivity index (χ1) is 9.73. The van der Waals surface area contributed by atoms with Crippen LogP contribution in [0.2, 0.25) is 0 Å². The maximum absolute atomic E-state index is 14.0. The van der Waals surface area contributed by atoms with Gasteiger partial charge in [-0.1, -0.05) is 6.92 Å². The van der Waals surface area contributed by atoms with E-state index < -0.39 is 37.0 Å². The van der Waals surface area contributed by atoms with Gasteiger partial charge in [0.05, 0.1) is 16.7 Å². The van der Waals surface area contributed by atoms with Crippen LogP contribution in [-0.4, -0.2) is 41.7 Å². The molecule has 2 rings (SSSR count). The molecule has 1 heterocycles. The van der Waals surface area contributed by atoms with Crippen LogP contribution in [0.25, 0.3) is 0 Å². The Morgan fingerprint density at radius 1 is 1.52 bits per heavy atom. The largest absolute Gasteiger partial charge is 0.397 e. The Hall–Kier alpha value is -1.39. The van der Waals surface area contributed by atoms with Crippen molar-refractivity contribution in [1.82, 2.24) is 4.31 Å². The van der Waals surface area contributed by atoms with Crippen LogP contribution >= 0.6 is 11.8 Å². The number of rotatable bonds is 3. The summed E-state index contributed by atoms with van der Waals surface area (Å²) in [4.78, 5) is 9.12. The second-order valence-electron chi connectivity index (χ2n) is 4.65. The average Bonchev–Trinajstić information content (AvgIpc) is 2.37. The first-order valence-corrected chi connectivity index (χ1v) is 8.57. The van der Waals surface area contributed by atoms with Gasteiger partial charge in [0.1, 0.15) is 4.90 Å². The molecular formula is C11H14FN3O4S2. The monoisotopic (exact) mass is 335 g/mol. The number of thioether (sulfide) groups is 1. The summed E-state index contributed by atoms with van der Waals surface area (Å²) in [6.45, 7) is 2.39. The molecule has 0 saturated carbocycles. The molecule has 1 aromatic carbocycles. The fraction of sp³-hybridized carbons (Fsp3) is 0.455. The summed E-state index contributed by atoms with van der Waals surface area (Å²) in [6, 6.07) is 1.43. The number of hydrogen-bond acceptors (Lipinski definition) is 6. The van der Waals surface area contributed by atoms with Gasteiger partial charge in [-0.25, -0.2) is 12.8 Å². The third kappa shape index (κ3) is 3.11. The number of benzene rings is 1. The molecule has 21 heavy (non-hydrogen) atoms. The summed E-state index contributed by atoms with van der Waals surface area (Å²) >= 11 is 1.63. The molecule has 1 aromatic rings. The van der Waals surface area contributed by atoms with Gasteiger partial charge >= 0.3 is 0 Å². The molecule has 1 aliphatic rings. The predicted molar refractivity (Wildman–Crippen MR) is 78.1 cm³/mol. The van der Waals surface area contributed by atoms with Crippen LogP contribution in [0.1, 0.15) is 6.92 Å². The Kier molecular flexibility index (Phi) is 4.40.